The molecule has 0 aromatic carbocycles. The minimum Gasteiger partial charge on any atom is -0.378 e. The monoisotopic (exact) mass is 155 g/mol. The molecule has 2 N–H and O–H groups in total. The van der Waals surface area contributed by atoms with E-state index in [1.165, 1.54) is 0 Å². The summed E-state index contributed by atoms with van der Waals surface area (Å²) in [6.45, 7) is 0.796. The van der Waals surface area contributed by atoms with E-state index < -0.39 is 5.67 Å². The van der Waals surface area contributed by atoms with Crippen LogP contribution in [0.3, 0.4) is 0 Å². The van der Waals surface area contributed by atoms with Crippen molar-refractivity contribution in [2.24, 2.45) is 5.73 Å². The number of hydrogen-bond donors (Lipinski definition) is 1. The van der Waals surface area contributed by atoms with Gasteiger partial charge in [-0.1, -0.05) is 0 Å². The van der Waals surface area contributed by atoms with Crippen molar-refractivity contribution in [3.05, 3.63) is 0 Å². The van der Waals surface area contributed by atoms with E-state index in [9.17, 15) is 4.39 Å². The minimum atomic E-state index is -1.21. The van der Waals surface area contributed by atoms with Gasteiger partial charge in [0.1, 0.15) is 5.67 Å². The van der Waals surface area contributed by atoms with Gasteiger partial charge in [0.15, 0.2) is 0 Å². The summed E-state index contributed by atoms with van der Waals surface area (Å²) >= 11 is 0. The van der Waals surface area contributed by atoms with Crippen molar-refractivity contribution in [1.29, 1.82) is 0 Å². The Kier molecular flexibility index (Phi) is 3.40. The molecule has 1 aliphatic heterocycles. The first-order valence-electron chi connectivity index (χ1n) is 2.74. The zero-order chi connectivity index (χ0) is 6.04. The zero-order valence-corrected chi connectivity index (χ0v) is 5.92. The standard InChI is InChI=1S/C5H10FNO.ClH/c6-5(3-7)1-2-8-4-5;/h1-4,7H2;1H. The fraction of sp³-hybridized carbons (Fsp3) is 1.00. The summed E-state index contributed by atoms with van der Waals surface area (Å²) < 4.78 is 17.6. The summed E-state index contributed by atoms with van der Waals surface area (Å²) in [6, 6.07) is 0. The predicted octanol–water partition coefficient (Wildman–Crippen LogP) is 0.495. The summed E-state index contributed by atoms with van der Waals surface area (Å²) in [5, 5.41) is 0. The Bertz CT molecular complexity index is 85.0. The molecule has 0 spiro atoms. The molecule has 0 amide bonds. The number of alkyl halides is 1. The van der Waals surface area contributed by atoms with Gasteiger partial charge in [-0.05, 0) is 0 Å². The molecule has 0 saturated carbocycles. The molecule has 1 fully saturated rings. The van der Waals surface area contributed by atoms with Crippen LogP contribution in [0.5, 0.6) is 0 Å². The van der Waals surface area contributed by atoms with Crippen molar-refractivity contribution < 1.29 is 9.13 Å². The highest BCUT2D eigenvalue weighted by atomic mass is 35.5. The summed E-state index contributed by atoms with van der Waals surface area (Å²) in [4.78, 5) is 0. The molecule has 2 nitrogen and oxygen atoms in total. The molecule has 1 rings (SSSR count). The first-order chi connectivity index (χ1) is 3.77. The van der Waals surface area contributed by atoms with Gasteiger partial charge in [0.2, 0.25) is 0 Å². The fourth-order valence-corrected chi connectivity index (χ4v) is 0.743. The molecule has 0 radical (unpaired) electrons. The maximum atomic E-state index is 12.8. The van der Waals surface area contributed by atoms with Crippen LogP contribution in [0.15, 0.2) is 0 Å². The van der Waals surface area contributed by atoms with Crippen LogP contribution in [0.4, 0.5) is 4.39 Å². The fourth-order valence-electron chi connectivity index (χ4n) is 0.743. The molecule has 0 aromatic heterocycles. The van der Waals surface area contributed by atoms with E-state index >= 15 is 0 Å². The van der Waals surface area contributed by atoms with Gasteiger partial charge in [-0.25, -0.2) is 4.39 Å². The minimum absolute atomic E-state index is 0. The van der Waals surface area contributed by atoms with E-state index in [4.69, 9.17) is 10.5 Å². The number of rotatable bonds is 1. The van der Waals surface area contributed by atoms with Crippen LogP contribution < -0.4 is 5.73 Å². The summed E-state index contributed by atoms with van der Waals surface area (Å²) in [5.74, 6) is 0. The van der Waals surface area contributed by atoms with Crippen molar-refractivity contribution in [2.45, 2.75) is 12.1 Å². The number of ether oxygens (including phenoxy) is 1. The Morgan fingerprint density at radius 1 is 1.67 bits per heavy atom. The van der Waals surface area contributed by atoms with Gasteiger partial charge >= 0.3 is 0 Å². The van der Waals surface area contributed by atoms with Crippen molar-refractivity contribution in [2.75, 3.05) is 19.8 Å². The second-order valence-corrected chi connectivity index (χ2v) is 2.16. The van der Waals surface area contributed by atoms with Crippen LogP contribution in [-0.4, -0.2) is 25.4 Å². The Balaban J connectivity index is 0.000000640. The van der Waals surface area contributed by atoms with Gasteiger partial charge in [0.25, 0.3) is 0 Å². The Morgan fingerprint density at radius 2 is 2.33 bits per heavy atom. The van der Waals surface area contributed by atoms with E-state index in [1.807, 2.05) is 0 Å². The van der Waals surface area contributed by atoms with Crippen LogP contribution in [0.1, 0.15) is 6.42 Å². The summed E-state index contributed by atoms with van der Waals surface area (Å²) in [7, 11) is 0. The third kappa shape index (κ3) is 2.08. The summed E-state index contributed by atoms with van der Waals surface area (Å²) in [6.07, 6.45) is 0.462. The molecule has 1 heterocycles. The van der Waals surface area contributed by atoms with Crippen LogP contribution >= 0.6 is 12.4 Å². The Hall–Kier alpha value is 0.140. The van der Waals surface area contributed by atoms with Gasteiger partial charge in [0, 0.05) is 19.6 Å². The lowest BCUT2D eigenvalue weighted by atomic mass is 10.1. The number of hydrogen-bond acceptors (Lipinski definition) is 2. The van der Waals surface area contributed by atoms with Crippen LogP contribution in [0, 0.1) is 0 Å². The molecule has 56 valence electrons. The second-order valence-electron chi connectivity index (χ2n) is 2.16. The van der Waals surface area contributed by atoms with Crippen molar-refractivity contribution in [3.63, 3.8) is 0 Å². The van der Waals surface area contributed by atoms with E-state index in [0.29, 0.717) is 13.0 Å². The molecular formula is C5H11ClFNO. The van der Waals surface area contributed by atoms with E-state index in [1.54, 1.807) is 0 Å². The largest absolute Gasteiger partial charge is 0.378 e. The van der Waals surface area contributed by atoms with Crippen molar-refractivity contribution in [3.8, 4) is 0 Å². The maximum Gasteiger partial charge on any atom is 0.148 e. The van der Waals surface area contributed by atoms with Gasteiger partial charge in [-0.2, -0.15) is 0 Å². The molecule has 1 saturated heterocycles. The molecule has 1 atom stereocenters. The average Bonchev–Trinajstić information content (AvgIpc) is 2.17. The molecule has 1 aliphatic rings. The first-order valence-corrected chi connectivity index (χ1v) is 2.74. The van der Waals surface area contributed by atoms with Crippen LogP contribution in [0.2, 0.25) is 0 Å². The predicted molar refractivity (Wildman–Crippen MR) is 35.6 cm³/mol. The van der Waals surface area contributed by atoms with Crippen molar-refractivity contribution >= 4 is 12.4 Å². The third-order valence-electron chi connectivity index (χ3n) is 1.42. The first kappa shape index (κ1) is 9.14. The highest BCUT2D eigenvalue weighted by Gasteiger charge is 2.32. The average molecular weight is 156 g/mol. The quantitative estimate of drug-likeness (QED) is 0.599. The van der Waals surface area contributed by atoms with Crippen molar-refractivity contribution in [1.82, 2.24) is 0 Å². The molecule has 1 unspecified atom stereocenters. The third-order valence-corrected chi connectivity index (χ3v) is 1.42. The lowest BCUT2D eigenvalue weighted by Gasteiger charge is -2.12. The molecule has 4 heteroatoms. The lowest BCUT2D eigenvalue weighted by molar-refractivity contribution is 0.118. The highest BCUT2D eigenvalue weighted by molar-refractivity contribution is 5.85. The topological polar surface area (TPSA) is 35.2 Å². The normalized spacial score (nSPS) is 34.0. The van der Waals surface area contributed by atoms with E-state index in [2.05, 4.69) is 0 Å². The Morgan fingerprint density at radius 3 is 2.56 bits per heavy atom. The van der Waals surface area contributed by atoms with Crippen LogP contribution in [0.25, 0.3) is 0 Å². The molecule has 9 heavy (non-hydrogen) atoms. The number of nitrogens with two attached hydrogens (primary N) is 1. The zero-order valence-electron chi connectivity index (χ0n) is 5.10. The number of halogens is 2. The maximum absolute atomic E-state index is 12.8. The molecule has 0 aliphatic carbocycles. The smallest absolute Gasteiger partial charge is 0.148 e. The summed E-state index contributed by atoms with van der Waals surface area (Å²) in [5.41, 5.74) is 3.90. The highest BCUT2D eigenvalue weighted by Crippen LogP contribution is 2.20. The van der Waals surface area contributed by atoms with E-state index in [0.717, 1.165) is 0 Å². The second kappa shape index (κ2) is 3.34. The lowest BCUT2D eigenvalue weighted by Crippen LogP contribution is -2.32. The van der Waals surface area contributed by atoms with Gasteiger partial charge < -0.3 is 10.5 Å². The molecular weight excluding hydrogens is 145 g/mol. The Labute approximate surface area is 60.0 Å². The van der Waals surface area contributed by atoms with Gasteiger partial charge in [0.05, 0.1) is 6.61 Å². The van der Waals surface area contributed by atoms with Gasteiger partial charge in [-0.15, -0.1) is 12.4 Å². The molecule has 0 bridgehead atoms. The van der Waals surface area contributed by atoms with E-state index in [-0.39, 0.29) is 25.6 Å². The SMILES string of the molecule is Cl.NCC1(F)CCOC1. The van der Waals surface area contributed by atoms with Crippen LogP contribution in [-0.2, 0) is 4.74 Å². The van der Waals surface area contributed by atoms with Gasteiger partial charge in [-0.3, -0.25) is 0 Å². The molecule has 0 aromatic rings.